The van der Waals surface area contributed by atoms with Gasteiger partial charge in [0.2, 0.25) is 5.88 Å². The van der Waals surface area contributed by atoms with E-state index < -0.39 is 5.82 Å². The Morgan fingerprint density at radius 3 is 2.94 bits per heavy atom. The van der Waals surface area contributed by atoms with Gasteiger partial charge in [-0.1, -0.05) is 6.07 Å². The Morgan fingerprint density at radius 1 is 1.50 bits per heavy atom. The molecule has 18 heavy (non-hydrogen) atoms. The first kappa shape index (κ1) is 12.7. The summed E-state index contributed by atoms with van der Waals surface area (Å²) in [5.41, 5.74) is 5.36. The summed E-state index contributed by atoms with van der Waals surface area (Å²) in [6.07, 6.45) is 1.20. The highest BCUT2D eigenvalue weighted by Gasteiger charge is 2.09. The molecule has 0 aliphatic carbocycles. The summed E-state index contributed by atoms with van der Waals surface area (Å²) < 4.78 is 18.9. The average Bonchev–Trinajstić information content (AvgIpc) is 2.35. The Hall–Kier alpha value is -1.73. The van der Waals surface area contributed by atoms with Crippen LogP contribution in [0.3, 0.4) is 0 Å². The molecule has 0 saturated carbocycles. The zero-order valence-corrected chi connectivity index (χ0v) is 10.7. The van der Waals surface area contributed by atoms with Crippen molar-refractivity contribution in [3.63, 3.8) is 0 Å². The Labute approximate surface area is 110 Å². The molecule has 0 atom stereocenters. The summed E-state index contributed by atoms with van der Waals surface area (Å²) in [5, 5.41) is 0. The topological polar surface area (TPSA) is 81.0 Å². The minimum Gasteiger partial charge on any atom is -0.437 e. The molecule has 2 rings (SSSR count). The van der Waals surface area contributed by atoms with Crippen LogP contribution in [-0.4, -0.2) is 9.97 Å². The van der Waals surface area contributed by atoms with Gasteiger partial charge in [-0.25, -0.2) is 9.37 Å². The van der Waals surface area contributed by atoms with E-state index in [-0.39, 0.29) is 28.2 Å². The quantitative estimate of drug-likeness (QED) is 0.907. The maximum absolute atomic E-state index is 13.5. The van der Waals surface area contributed by atoms with Crippen LogP contribution in [0, 0.1) is 5.82 Å². The number of nitrogens with two attached hydrogens (primary N) is 1. The third-order valence-electron chi connectivity index (χ3n) is 2.22. The van der Waals surface area contributed by atoms with E-state index in [0.717, 1.165) is 0 Å². The predicted molar refractivity (Wildman–Crippen MR) is 66.9 cm³/mol. The standard InChI is InChI=1S/C11H9BrFN3O2/c12-9-10(17)15-5-16-11(9)18-7-2-1-6(4-14)8(13)3-7/h1-3,5H,4,14H2,(H,15,16,17). The van der Waals surface area contributed by atoms with Gasteiger partial charge in [-0.05, 0) is 22.0 Å². The summed E-state index contributed by atoms with van der Waals surface area (Å²) in [6, 6.07) is 4.27. The number of halogens is 2. The molecule has 0 aliphatic heterocycles. The summed E-state index contributed by atoms with van der Waals surface area (Å²) in [5.74, 6) is -0.155. The number of aromatic amines is 1. The first-order valence-electron chi connectivity index (χ1n) is 5.01. The van der Waals surface area contributed by atoms with Crippen LogP contribution in [0.1, 0.15) is 5.56 Å². The lowest BCUT2D eigenvalue weighted by Gasteiger charge is -2.07. The Bertz CT molecular complexity index is 630. The van der Waals surface area contributed by atoms with E-state index in [1.165, 1.54) is 18.5 Å². The Balaban J connectivity index is 2.32. The first-order valence-corrected chi connectivity index (χ1v) is 5.80. The molecule has 0 amide bonds. The van der Waals surface area contributed by atoms with Crippen LogP contribution in [0.15, 0.2) is 33.8 Å². The van der Waals surface area contributed by atoms with Gasteiger partial charge in [0.15, 0.2) is 0 Å². The number of H-pyrrole nitrogens is 1. The zero-order chi connectivity index (χ0) is 13.1. The zero-order valence-electron chi connectivity index (χ0n) is 9.11. The predicted octanol–water partition coefficient (Wildman–Crippen LogP) is 1.92. The number of hydrogen-bond donors (Lipinski definition) is 2. The van der Waals surface area contributed by atoms with Crippen molar-refractivity contribution < 1.29 is 9.13 Å². The molecule has 0 unspecified atom stereocenters. The second-order valence-corrected chi connectivity index (χ2v) is 4.20. The van der Waals surface area contributed by atoms with Gasteiger partial charge in [0.05, 0.1) is 6.33 Å². The van der Waals surface area contributed by atoms with E-state index in [1.54, 1.807) is 6.07 Å². The minimum absolute atomic E-state index is 0.0682. The monoisotopic (exact) mass is 313 g/mol. The molecule has 5 nitrogen and oxygen atoms in total. The smallest absolute Gasteiger partial charge is 0.268 e. The molecule has 2 aromatic rings. The average molecular weight is 314 g/mol. The van der Waals surface area contributed by atoms with Gasteiger partial charge in [0, 0.05) is 18.2 Å². The molecule has 0 bridgehead atoms. The highest BCUT2D eigenvalue weighted by molar-refractivity contribution is 9.10. The van der Waals surface area contributed by atoms with Crippen molar-refractivity contribution >= 4 is 15.9 Å². The van der Waals surface area contributed by atoms with Crippen molar-refractivity contribution in [2.75, 3.05) is 0 Å². The Morgan fingerprint density at radius 2 is 2.28 bits per heavy atom. The number of rotatable bonds is 3. The molecule has 1 aromatic carbocycles. The summed E-state index contributed by atoms with van der Waals surface area (Å²) in [6.45, 7) is 0.110. The second kappa shape index (κ2) is 5.28. The normalized spacial score (nSPS) is 10.4. The second-order valence-electron chi connectivity index (χ2n) is 3.41. The summed E-state index contributed by atoms with van der Waals surface area (Å²) in [4.78, 5) is 17.5. The number of nitrogens with one attached hydrogen (secondary N) is 1. The molecule has 0 saturated heterocycles. The largest absolute Gasteiger partial charge is 0.437 e. The number of ether oxygens (including phenoxy) is 1. The van der Waals surface area contributed by atoms with Crippen molar-refractivity contribution in [2.24, 2.45) is 5.73 Å². The summed E-state index contributed by atoms with van der Waals surface area (Å²) in [7, 11) is 0. The highest BCUT2D eigenvalue weighted by atomic mass is 79.9. The maximum Gasteiger partial charge on any atom is 0.268 e. The van der Waals surface area contributed by atoms with E-state index in [4.69, 9.17) is 10.5 Å². The van der Waals surface area contributed by atoms with E-state index in [9.17, 15) is 9.18 Å². The molecule has 3 N–H and O–H groups in total. The fourth-order valence-electron chi connectivity index (χ4n) is 1.31. The van der Waals surface area contributed by atoms with Gasteiger partial charge in [-0.3, -0.25) is 4.79 Å². The van der Waals surface area contributed by atoms with Crippen LogP contribution in [0.5, 0.6) is 11.6 Å². The van der Waals surface area contributed by atoms with Crippen molar-refractivity contribution in [1.82, 2.24) is 9.97 Å². The fraction of sp³-hybridized carbons (Fsp3) is 0.0909. The number of benzene rings is 1. The van der Waals surface area contributed by atoms with Gasteiger partial charge in [-0.15, -0.1) is 0 Å². The molecule has 0 radical (unpaired) electrons. The van der Waals surface area contributed by atoms with Crippen LogP contribution < -0.4 is 16.0 Å². The lowest BCUT2D eigenvalue weighted by molar-refractivity contribution is 0.451. The van der Waals surface area contributed by atoms with E-state index in [2.05, 4.69) is 25.9 Å². The van der Waals surface area contributed by atoms with Gasteiger partial charge < -0.3 is 15.5 Å². The van der Waals surface area contributed by atoms with Gasteiger partial charge in [-0.2, -0.15) is 0 Å². The first-order chi connectivity index (χ1) is 8.61. The summed E-state index contributed by atoms with van der Waals surface area (Å²) >= 11 is 3.04. The van der Waals surface area contributed by atoms with Crippen LogP contribution in [-0.2, 0) is 6.54 Å². The third-order valence-corrected chi connectivity index (χ3v) is 2.92. The number of aromatic nitrogens is 2. The highest BCUT2D eigenvalue weighted by Crippen LogP contribution is 2.25. The molecular weight excluding hydrogens is 305 g/mol. The maximum atomic E-state index is 13.5. The van der Waals surface area contributed by atoms with Crippen molar-refractivity contribution in [3.8, 4) is 11.6 Å². The minimum atomic E-state index is -0.462. The van der Waals surface area contributed by atoms with Crippen LogP contribution >= 0.6 is 15.9 Å². The lowest BCUT2D eigenvalue weighted by Crippen LogP contribution is -2.08. The van der Waals surface area contributed by atoms with Crippen LogP contribution in [0.25, 0.3) is 0 Å². The fourth-order valence-corrected chi connectivity index (χ4v) is 1.60. The van der Waals surface area contributed by atoms with Crippen LogP contribution in [0.4, 0.5) is 4.39 Å². The molecule has 0 fully saturated rings. The molecule has 0 spiro atoms. The Kier molecular flexibility index (Phi) is 3.73. The van der Waals surface area contributed by atoms with Crippen molar-refractivity contribution in [3.05, 3.63) is 50.7 Å². The number of hydrogen-bond acceptors (Lipinski definition) is 4. The van der Waals surface area contributed by atoms with Crippen molar-refractivity contribution in [2.45, 2.75) is 6.54 Å². The molecule has 1 heterocycles. The van der Waals surface area contributed by atoms with E-state index in [0.29, 0.717) is 5.56 Å². The SMILES string of the molecule is NCc1ccc(Oc2nc[nH]c(=O)c2Br)cc1F. The molecule has 7 heteroatoms. The van der Waals surface area contributed by atoms with E-state index in [1.807, 2.05) is 0 Å². The van der Waals surface area contributed by atoms with Gasteiger partial charge in [0.25, 0.3) is 5.56 Å². The van der Waals surface area contributed by atoms with Crippen LogP contribution in [0.2, 0.25) is 0 Å². The van der Waals surface area contributed by atoms with Gasteiger partial charge >= 0.3 is 0 Å². The van der Waals surface area contributed by atoms with E-state index >= 15 is 0 Å². The molecule has 0 aliphatic rings. The van der Waals surface area contributed by atoms with Gasteiger partial charge in [0.1, 0.15) is 16.0 Å². The molecule has 1 aromatic heterocycles. The lowest BCUT2D eigenvalue weighted by atomic mass is 10.2. The molecular formula is C11H9BrFN3O2. The third kappa shape index (κ3) is 2.57. The number of nitrogens with zero attached hydrogens (tertiary/aromatic N) is 1. The molecule has 94 valence electrons. The van der Waals surface area contributed by atoms with Crippen molar-refractivity contribution in [1.29, 1.82) is 0 Å².